The van der Waals surface area contributed by atoms with Crippen molar-refractivity contribution in [3.63, 3.8) is 0 Å². The molecule has 0 unspecified atom stereocenters. The standard InChI is InChI=1S/C21H37O4P/c1-18(2)9-6-10-19(3)11-7-12-20(4)13-8-14-21(5)15-16-25-17-26(22,23)24/h9,11,13,15H,6-8,10,12,14,16-17H2,1-5H3,(H2,22,23,24). The van der Waals surface area contributed by atoms with E-state index in [1.807, 2.05) is 13.0 Å². The second-order valence-electron chi connectivity index (χ2n) is 7.21. The van der Waals surface area contributed by atoms with E-state index in [1.54, 1.807) is 0 Å². The molecule has 5 heteroatoms. The van der Waals surface area contributed by atoms with E-state index in [-0.39, 0.29) is 6.61 Å². The van der Waals surface area contributed by atoms with Gasteiger partial charge in [0.1, 0.15) is 6.35 Å². The van der Waals surface area contributed by atoms with Crippen LogP contribution in [-0.4, -0.2) is 22.7 Å². The summed E-state index contributed by atoms with van der Waals surface area (Å²) < 4.78 is 15.6. The maximum atomic E-state index is 10.7. The molecule has 0 aromatic carbocycles. The van der Waals surface area contributed by atoms with Gasteiger partial charge >= 0.3 is 7.60 Å². The smallest absolute Gasteiger partial charge is 0.350 e. The van der Waals surface area contributed by atoms with E-state index < -0.39 is 13.9 Å². The third kappa shape index (κ3) is 17.9. The fraction of sp³-hybridized carbons (Fsp3) is 0.619. The first-order chi connectivity index (χ1) is 12.1. The van der Waals surface area contributed by atoms with E-state index in [0.717, 1.165) is 38.5 Å². The van der Waals surface area contributed by atoms with Crippen LogP contribution in [0.3, 0.4) is 0 Å². The molecule has 0 radical (unpaired) electrons. The molecule has 0 spiro atoms. The molecule has 0 rings (SSSR count). The second-order valence-corrected chi connectivity index (χ2v) is 8.80. The van der Waals surface area contributed by atoms with Gasteiger partial charge in [-0.25, -0.2) is 0 Å². The van der Waals surface area contributed by atoms with Gasteiger partial charge < -0.3 is 14.5 Å². The zero-order valence-electron chi connectivity index (χ0n) is 17.1. The molecule has 0 heterocycles. The molecule has 2 N–H and O–H groups in total. The van der Waals surface area contributed by atoms with Crippen molar-refractivity contribution in [2.24, 2.45) is 0 Å². The molecule has 4 nitrogen and oxygen atoms in total. The first kappa shape index (κ1) is 25.1. The zero-order chi connectivity index (χ0) is 20.0. The molecular formula is C21H37O4P. The van der Waals surface area contributed by atoms with Crippen LogP contribution in [0.1, 0.15) is 73.1 Å². The summed E-state index contributed by atoms with van der Waals surface area (Å²) in [6, 6.07) is 0. The highest BCUT2D eigenvalue weighted by molar-refractivity contribution is 7.51. The highest BCUT2D eigenvalue weighted by Crippen LogP contribution is 2.33. The van der Waals surface area contributed by atoms with Crippen molar-refractivity contribution in [1.82, 2.24) is 0 Å². The van der Waals surface area contributed by atoms with Crippen molar-refractivity contribution in [2.75, 3.05) is 13.0 Å². The Labute approximate surface area is 159 Å². The van der Waals surface area contributed by atoms with Crippen LogP contribution in [0.2, 0.25) is 0 Å². The molecule has 0 bridgehead atoms. The van der Waals surface area contributed by atoms with Gasteiger partial charge in [0.05, 0.1) is 6.61 Å². The molecule has 0 saturated carbocycles. The summed E-state index contributed by atoms with van der Waals surface area (Å²) in [4.78, 5) is 17.4. The van der Waals surface area contributed by atoms with Gasteiger partial charge in [-0.3, -0.25) is 4.57 Å². The van der Waals surface area contributed by atoms with Gasteiger partial charge in [0.2, 0.25) is 0 Å². The highest BCUT2D eigenvalue weighted by atomic mass is 31.2. The lowest BCUT2D eigenvalue weighted by Crippen LogP contribution is -1.95. The Bertz CT molecular complexity index is 561. The summed E-state index contributed by atoms with van der Waals surface area (Å²) in [6.45, 7) is 10.9. The monoisotopic (exact) mass is 384 g/mol. The maximum Gasteiger partial charge on any atom is 0.350 e. The zero-order valence-corrected chi connectivity index (χ0v) is 18.0. The van der Waals surface area contributed by atoms with Crippen LogP contribution in [0.15, 0.2) is 46.6 Å². The minimum absolute atomic E-state index is 0.246. The number of rotatable bonds is 13. The second kappa shape index (κ2) is 14.2. The van der Waals surface area contributed by atoms with Gasteiger partial charge in [-0.2, -0.15) is 0 Å². The van der Waals surface area contributed by atoms with Crippen molar-refractivity contribution >= 4 is 7.60 Å². The molecule has 0 aliphatic carbocycles. The number of hydrogen-bond donors (Lipinski definition) is 2. The van der Waals surface area contributed by atoms with Crippen LogP contribution in [0.25, 0.3) is 0 Å². The van der Waals surface area contributed by atoms with Gasteiger partial charge in [0.15, 0.2) is 0 Å². The van der Waals surface area contributed by atoms with E-state index in [0.29, 0.717) is 0 Å². The number of allylic oxidation sites excluding steroid dienone is 7. The van der Waals surface area contributed by atoms with Gasteiger partial charge in [-0.15, -0.1) is 0 Å². The largest absolute Gasteiger partial charge is 0.365 e. The molecule has 0 aliphatic rings. The molecule has 0 saturated heterocycles. The summed E-state index contributed by atoms with van der Waals surface area (Å²) in [5.74, 6) is 0. The molecule has 26 heavy (non-hydrogen) atoms. The van der Waals surface area contributed by atoms with Gasteiger partial charge in [-0.1, -0.05) is 46.6 Å². The molecule has 0 aromatic rings. The summed E-state index contributed by atoms with van der Waals surface area (Å²) in [5, 5.41) is 0. The van der Waals surface area contributed by atoms with Crippen molar-refractivity contribution in [3.05, 3.63) is 46.6 Å². The van der Waals surface area contributed by atoms with Crippen LogP contribution < -0.4 is 0 Å². The third-order valence-corrected chi connectivity index (χ3v) is 4.48. The van der Waals surface area contributed by atoms with Gasteiger partial charge in [-0.05, 0) is 73.1 Å². The van der Waals surface area contributed by atoms with Crippen molar-refractivity contribution < 1.29 is 19.1 Å². The van der Waals surface area contributed by atoms with Gasteiger partial charge in [0.25, 0.3) is 0 Å². The lowest BCUT2D eigenvalue weighted by atomic mass is 10.0. The number of ether oxygens (including phenoxy) is 1. The highest BCUT2D eigenvalue weighted by Gasteiger charge is 2.11. The minimum Gasteiger partial charge on any atom is -0.365 e. The van der Waals surface area contributed by atoms with Gasteiger partial charge in [0, 0.05) is 0 Å². The molecule has 0 amide bonds. The fourth-order valence-electron chi connectivity index (χ4n) is 2.36. The lowest BCUT2D eigenvalue weighted by Gasteiger charge is -2.04. The summed E-state index contributed by atoms with van der Waals surface area (Å²) >= 11 is 0. The average Bonchev–Trinajstić information content (AvgIpc) is 2.50. The quantitative estimate of drug-likeness (QED) is 0.223. The Kier molecular flexibility index (Phi) is 13.7. The molecule has 0 aliphatic heterocycles. The molecule has 0 fully saturated rings. The van der Waals surface area contributed by atoms with Crippen LogP contribution in [0, 0.1) is 0 Å². The van der Waals surface area contributed by atoms with E-state index >= 15 is 0 Å². The Balaban J connectivity index is 3.99. The average molecular weight is 384 g/mol. The van der Waals surface area contributed by atoms with Crippen LogP contribution in [0.4, 0.5) is 0 Å². The van der Waals surface area contributed by atoms with E-state index in [2.05, 4.69) is 45.9 Å². The molecule has 0 aromatic heterocycles. The van der Waals surface area contributed by atoms with Crippen molar-refractivity contribution in [2.45, 2.75) is 73.1 Å². The third-order valence-electron chi connectivity index (χ3n) is 3.96. The summed E-state index contributed by atoms with van der Waals surface area (Å²) in [6.07, 6.45) is 14.7. The summed E-state index contributed by atoms with van der Waals surface area (Å²) in [7, 11) is -4.06. The van der Waals surface area contributed by atoms with Crippen molar-refractivity contribution in [3.8, 4) is 0 Å². The predicted octanol–water partition coefficient (Wildman–Crippen LogP) is 6.28. The predicted molar refractivity (Wildman–Crippen MR) is 111 cm³/mol. The van der Waals surface area contributed by atoms with E-state index in [4.69, 9.17) is 14.5 Å². The topological polar surface area (TPSA) is 66.8 Å². The molecule has 150 valence electrons. The minimum atomic E-state index is -4.06. The Morgan fingerprint density at radius 3 is 1.62 bits per heavy atom. The van der Waals surface area contributed by atoms with Crippen LogP contribution in [-0.2, 0) is 9.30 Å². The van der Waals surface area contributed by atoms with Crippen LogP contribution >= 0.6 is 7.60 Å². The first-order valence-corrected chi connectivity index (χ1v) is 11.1. The molecular weight excluding hydrogens is 347 g/mol. The fourth-order valence-corrected chi connectivity index (χ4v) is 2.70. The number of hydrogen-bond acceptors (Lipinski definition) is 2. The van der Waals surface area contributed by atoms with E-state index in [9.17, 15) is 4.57 Å². The Hall–Kier alpha value is -0.930. The Morgan fingerprint density at radius 1 is 0.769 bits per heavy atom. The van der Waals surface area contributed by atoms with Crippen LogP contribution in [0.5, 0.6) is 0 Å². The SMILES string of the molecule is CC(C)=CCCC(C)=CCCC(C)=CCCC(C)=CCOCP(=O)(O)O. The van der Waals surface area contributed by atoms with Crippen molar-refractivity contribution in [1.29, 1.82) is 0 Å². The normalized spacial score (nSPS) is 13.9. The first-order valence-electron chi connectivity index (χ1n) is 9.32. The summed E-state index contributed by atoms with van der Waals surface area (Å²) in [5.41, 5.74) is 5.43. The Morgan fingerprint density at radius 2 is 1.19 bits per heavy atom. The maximum absolute atomic E-state index is 10.7. The lowest BCUT2D eigenvalue weighted by molar-refractivity contribution is 0.184. The molecule has 0 atom stereocenters. The van der Waals surface area contributed by atoms with E-state index in [1.165, 1.54) is 22.3 Å².